The van der Waals surface area contributed by atoms with Gasteiger partial charge in [0.25, 0.3) is 0 Å². The summed E-state index contributed by atoms with van der Waals surface area (Å²) < 4.78 is 13.4. The molecule has 28 heavy (non-hydrogen) atoms. The van der Waals surface area contributed by atoms with E-state index < -0.39 is 0 Å². The van der Waals surface area contributed by atoms with Crippen molar-refractivity contribution in [1.29, 1.82) is 0 Å². The Hall–Kier alpha value is -2.67. The van der Waals surface area contributed by atoms with Gasteiger partial charge in [0.1, 0.15) is 11.0 Å². The lowest BCUT2D eigenvalue weighted by Gasteiger charge is -2.18. The van der Waals surface area contributed by atoms with Crippen LogP contribution in [-0.2, 0) is 4.74 Å². The quantitative estimate of drug-likeness (QED) is 0.696. The van der Waals surface area contributed by atoms with E-state index in [9.17, 15) is 0 Å². The van der Waals surface area contributed by atoms with E-state index in [1.807, 2.05) is 23.9 Å². The summed E-state index contributed by atoms with van der Waals surface area (Å²) in [6.07, 6.45) is 4.60. The van der Waals surface area contributed by atoms with Gasteiger partial charge in [-0.05, 0) is 51.8 Å². The summed E-state index contributed by atoms with van der Waals surface area (Å²) in [4.78, 5) is 9.34. The zero-order valence-corrected chi connectivity index (χ0v) is 16.9. The number of nitrogens with zero attached hydrogens (tertiary/aromatic N) is 4. The molecule has 4 heterocycles. The van der Waals surface area contributed by atoms with Crippen molar-refractivity contribution in [2.24, 2.45) is 0 Å². The summed E-state index contributed by atoms with van der Waals surface area (Å²) >= 11 is 0. The summed E-state index contributed by atoms with van der Waals surface area (Å²) in [5.41, 5.74) is 5.74. The number of anilines is 1. The molecule has 3 aromatic rings. The molecule has 1 N–H and O–H groups in total. The second kappa shape index (κ2) is 7.75. The first kappa shape index (κ1) is 18.7. The average Bonchev–Trinajstić information content (AvgIpc) is 3.31. The van der Waals surface area contributed by atoms with Crippen molar-refractivity contribution in [2.75, 3.05) is 25.1 Å². The van der Waals surface area contributed by atoms with Crippen LogP contribution in [0.5, 0.6) is 5.88 Å². The minimum absolute atomic E-state index is 0.240. The minimum atomic E-state index is 0.240. The topological polar surface area (TPSA) is 74.1 Å². The zero-order valence-electron chi connectivity index (χ0n) is 16.9. The summed E-state index contributed by atoms with van der Waals surface area (Å²) in [5.74, 6) is 0.612. The Morgan fingerprint density at radius 2 is 2.25 bits per heavy atom. The Kier molecular flexibility index (Phi) is 5.17. The fourth-order valence-corrected chi connectivity index (χ4v) is 3.65. The van der Waals surface area contributed by atoms with E-state index in [4.69, 9.17) is 14.5 Å². The number of pyridine rings is 2. The van der Waals surface area contributed by atoms with E-state index in [0.29, 0.717) is 19.1 Å². The molecule has 0 bridgehead atoms. The van der Waals surface area contributed by atoms with Gasteiger partial charge in [0.05, 0.1) is 42.4 Å². The normalized spacial score (nSPS) is 16.8. The minimum Gasteiger partial charge on any atom is -0.477 e. The highest BCUT2D eigenvalue weighted by Gasteiger charge is 2.22. The summed E-state index contributed by atoms with van der Waals surface area (Å²) in [7, 11) is 0. The maximum Gasteiger partial charge on any atom is 0.223 e. The van der Waals surface area contributed by atoms with E-state index in [1.165, 1.54) is 0 Å². The van der Waals surface area contributed by atoms with Crippen LogP contribution in [0.2, 0.25) is 0 Å². The number of nitrogens with one attached hydrogen (secondary N) is 1. The van der Waals surface area contributed by atoms with Gasteiger partial charge in [-0.2, -0.15) is 5.10 Å². The predicted molar refractivity (Wildman–Crippen MR) is 110 cm³/mol. The van der Waals surface area contributed by atoms with Gasteiger partial charge >= 0.3 is 0 Å². The highest BCUT2D eigenvalue weighted by molar-refractivity contribution is 5.92. The molecule has 0 spiro atoms. The number of aromatic nitrogens is 4. The van der Waals surface area contributed by atoms with E-state index >= 15 is 0 Å². The maximum atomic E-state index is 5.79. The van der Waals surface area contributed by atoms with Gasteiger partial charge in [-0.15, -0.1) is 0 Å². The van der Waals surface area contributed by atoms with Crippen molar-refractivity contribution in [3.05, 3.63) is 30.1 Å². The van der Waals surface area contributed by atoms with Crippen LogP contribution in [0, 0.1) is 6.92 Å². The fraction of sp³-hybridized carbons (Fsp3) is 0.476. The second-order valence-electron chi connectivity index (χ2n) is 7.42. The van der Waals surface area contributed by atoms with E-state index in [-0.39, 0.29) is 12.1 Å². The van der Waals surface area contributed by atoms with Gasteiger partial charge in [0.2, 0.25) is 5.88 Å². The molecule has 0 aromatic carbocycles. The van der Waals surface area contributed by atoms with Crippen molar-refractivity contribution in [1.82, 2.24) is 19.7 Å². The molecule has 7 heteroatoms. The smallest absolute Gasteiger partial charge is 0.223 e. The van der Waals surface area contributed by atoms with E-state index in [1.54, 1.807) is 6.20 Å². The molecule has 1 atom stereocenters. The van der Waals surface area contributed by atoms with E-state index in [0.717, 1.165) is 46.6 Å². The lowest BCUT2D eigenvalue weighted by molar-refractivity contribution is 0.195. The van der Waals surface area contributed by atoms with Crippen LogP contribution in [0.4, 0.5) is 5.69 Å². The molecule has 1 aliphatic heterocycles. The Morgan fingerprint density at radius 3 is 2.96 bits per heavy atom. The van der Waals surface area contributed by atoms with Crippen molar-refractivity contribution in [3.63, 3.8) is 0 Å². The third-order valence-corrected chi connectivity index (χ3v) is 4.99. The van der Waals surface area contributed by atoms with Crippen LogP contribution < -0.4 is 10.1 Å². The Labute approximate surface area is 165 Å². The van der Waals surface area contributed by atoms with Crippen LogP contribution in [0.25, 0.3) is 22.3 Å². The Bertz CT molecular complexity index is 976. The monoisotopic (exact) mass is 381 g/mol. The fourth-order valence-electron chi connectivity index (χ4n) is 3.65. The lowest BCUT2D eigenvalue weighted by atomic mass is 10.1. The molecule has 1 fully saturated rings. The first-order valence-corrected chi connectivity index (χ1v) is 9.89. The second-order valence-corrected chi connectivity index (χ2v) is 7.42. The largest absolute Gasteiger partial charge is 0.477 e. The zero-order chi connectivity index (χ0) is 19.7. The molecule has 1 saturated heterocycles. The summed E-state index contributed by atoms with van der Waals surface area (Å²) in [5, 5.41) is 8.24. The average molecular weight is 381 g/mol. The first-order chi connectivity index (χ1) is 13.6. The molecule has 0 amide bonds. The van der Waals surface area contributed by atoms with Gasteiger partial charge in [-0.1, -0.05) is 0 Å². The predicted octanol–water partition coefficient (Wildman–Crippen LogP) is 3.98. The van der Waals surface area contributed by atoms with Crippen molar-refractivity contribution in [3.8, 4) is 17.1 Å². The van der Waals surface area contributed by atoms with Gasteiger partial charge in [-0.25, -0.2) is 9.97 Å². The molecule has 3 aromatic heterocycles. The van der Waals surface area contributed by atoms with Crippen LogP contribution in [0.15, 0.2) is 24.5 Å². The molecule has 0 saturated carbocycles. The number of hydrogen-bond acceptors (Lipinski definition) is 6. The molecule has 1 aliphatic rings. The molecule has 148 valence electrons. The number of rotatable bonds is 6. The molecular weight excluding hydrogens is 354 g/mol. The van der Waals surface area contributed by atoms with E-state index in [2.05, 4.69) is 42.2 Å². The summed E-state index contributed by atoms with van der Waals surface area (Å²) in [6.45, 7) is 10.3. The molecule has 0 radical (unpaired) electrons. The Balaban J connectivity index is 1.89. The van der Waals surface area contributed by atoms with Gasteiger partial charge in [-0.3, -0.25) is 4.68 Å². The summed E-state index contributed by atoms with van der Waals surface area (Å²) in [6, 6.07) is 4.60. The molecule has 0 aliphatic carbocycles. The third kappa shape index (κ3) is 3.42. The first-order valence-electron chi connectivity index (χ1n) is 9.89. The Morgan fingerprint density at radius 1 is 1.39 bits per heavy atom. The molecule has 7 nitrogen and oxygen atoms in total. The SMILES string of the molecule is CCOc1nccc(C)c1-c1cc(N[C@@H]2CCOC2)c2c(cnn2C(C)C)n1. The van der Waals surface area contributed by atoms with Crippen LogP contribution in [0.3, 0.4) is 0 Å². The van der Waals surface area contributed by atoms with Crippen LogP contribution >= 0.6 is 0 Å². The van der Waals surface area contributed by atoms with Crippen LogP contribution in [-0.4, -0.2) is 45.6 Å². The highest BCUT2D eigenvalue weighted by Crippen LogP contribution is 2.35. The maximum absolute atomic E-state index is 5.79. The lowest BCUT2D eigenvalue weighted by Crippen LogP contribution is -2.20. The molecular formula is C21H27N5O2. The number of fused-ring (bicyclic) bond motifs is 1. The van der Waals surface area contributed by atoms with Crippen molar-refractivity contribution >= 4 is 16.7 Å². The van der Waals surface area contributed by atoms with Crippen LogP contribution in [0.1, 0.15) is 38.8 Å². The number of hydrogen-bond donors (Lipinski definition) is 1. The van der Waals surface area contributed by atoms with Gasteiger partial charge in [0, 0.05) is 18.8 Å². The van der Waals surface area contributed by atoms with Gasteiger partial charge < -0.3 is 14.8 Å². The van der Waals surface area contributed by atoms with Crippen molar-refractivity contribution < 1.29 is 9.47 Å². The molecule has 4 rings (SSSR count). The van der Waals surface area contributed by atoms with Gasteiger partial charge in [0.15, 0.2) is 0 Å². The number of aryl methyl sites for hydroxylation is 1. The van der Waals surface area contributed by atoms with Crippen molar-refractivity contribution in [2.45, 2.75) is 46.2 Å². The third-order valence-electron chi connectivity index (χ3n) is 4.99. The standard InChI is InChI=1S/C21H27N5O2/c1-5-28-21-19(14(4)6-8-22-21)16-10-17(24-15-7-9-27-12-15)20-18(25-16)11-23-26(20)13(2)3/h6,8,10-11,13,15H,5,7,9,12H2,1-4H3,(H,24,25)/t15-/m1/s1. The number of ether oxygens (including phenoxy) is 2. The highest BCUT2D eigenvalue weighted by atomic mass is 16.5. The molecule has 0 unspecified atom stereocenters.